The minimum atomic E-state index is -0.275. The summed E-state index contributed by atoms with van der Waals surface area (Å²) in [4.78, 5) is 29.4. The van der Waals surface area contributed by atoms with E-state index in [1.165, 1.54) is 18.4 Å². The highest BCUT2D eigenvalue weighted by Crippen LogP contribution is 2.33. The first-order valence-electron chi connectivity index (χ1n) is 12.4. The Morgan fingerprint density at radius 3 is 2.68 bits per heavy atom. The second-order valence-electron chi connectivity index (χ2n) is 9.45. The molecule has 182 valence electrons. The summed E-state index contributed by atoms with van der Waals surface area (Å²) in [5.74, 6) is 1.45. The summed E-state index contributed by atoms with van der Waals surface area (Å²) >= 11 is 0. The highest BCUT2D eigenvalue weighted by Gasteiger charge is 2.23. The normalized spacial score (nSPS) is 19.1. The first-order chi connectivity index (χ1) is 16.5. The van der Waals surface area contributed by atoms with Crippen molar-refractivity contribution in [1.29, 1.82) is 0 Å². The molecule has 1 unspecified atom stereocenters. The maximum atomic E-state index is 12.7. The molecule has 0 radical (unpaired) electrons. The molecule has 0 aliphatic carbocycles. The molecule has 7 nitrogen and oxygen atoms in total. The van der Waals surface area contributed by atoms with Gasteiger partial charge in [-0.1, -0.05) is 31.2 Å². The van der Waals surface area contributed by atoms with Crippen LogP contribution < -0.4 is 20.3 Å². The van der Waals surface area contributed by atoms with Crippen LogP contribution >= 0.6 is 0 Å². The van der Waals surface area contributed by atoms with Crippen molar-refractivity contribution in [3.63, 3.8) is 0 Å². The van der Waals surface area contributed by atoms with Gasteiger partial charge in [0, 0.05) is 38.3 Å². The number of benzene rings is 2. The standard InChI is InChI=1S/C27H36N4O3/c1-20-8-7-14-30(18-20)19-22-10-4-3-9-21(22)17-28-27(33)29-23-12-13-25(34-2)24(16-23)31-15-6-5-11-26(31)32/h3-4,9-10,12-13,16,20H,5-8,11,14-15,17-19H2,1-2H3,(H2,28,29,33). The van der Waals surface area contributed by atoms with Crippen molar-refractivity contribution >= 4 is 23.3 Å². The average molecular weight is 465 g/mol. The molecule has 3 amide bonds. The number of hydrogen-bond acceptors (Lipinski definition) is 4. The number of piperidine rings is 2. The van der Waals surface area contributed by atoms with Gasteiger partial charge in [-0.2, -0.15) is 0 Å². The summed E-state index contributed by atoms with van der Waals surface area (Å²) in [5, 5.41) is 5.90. The van der Waals surface area contributed by atoms with Crippen LogP contribution in [-0.4, -0.2) is 43.6 Å². The molecule has 34 heavy (non-hydrogen) atoms. The Morgan fingerprint density at radius 1 is 1.09 bits per heavy atom. The average Bonchev–Trinajstić information content (AvgIpc) is 2.84. The zero-order valence-electron chi connectivity index (χ0n) is 20.3. The molecular formula is C27H36N4O3. The largest absolute Gasteiger partial charge is 0.495 e. The molecule has 0 aromatic heterocycles. The maximum absolute atomic E-state index is 12.7. The molecule has 2 saturated heterocycles. The number of hydrogen-bond donors (Lipinski definition) is 2. The number of nitrogens with one attached hydrogen (secondary N) is 2. The SMILES string of the molecule is COc1ccc(NC(=O)NCc2ccccc2CN2CCCC(C)C2)cc1N1CCCCC1=O. The molecule has 2 heterocycles. The Kier molecular flexibility index (Phi) is 8.06. The van der Waals surface area contributed by atoms with E-state index in [1.54, 1.807) is 24.1 Å². The van der Waals surface area contributed by atoms with Gasteiger partial charge < -0.3 is 20.3 Å². The smallest absolute Gasteiger partial charge is 0.319 e. The quantitative estimate of drug-likeness (QED) is 0.619. The molecule has 0 spiro atoms. The van der Waals surface area contributed by atoms with Crippen molar-refractivity contribution in [1.82, 2.24) is 10.2 Å². The fourth-order valence-corrected chi connectivity index (χ4v) is 4.95. The van der Waals surface area contributed by atoms with Crippen molar-refractivity contribution < 1.29 is 14.3 Å². The summed E-state index contributed by atoms with van der Waals surface area (Å²) in [5.41, 5.74) is 3.71. The highest BCUT2D eigenvalue weighted by molar-refractivity contribution is 5.97. The molecule has 2 aliphatic heterocycles. The number of methoxy groups -OCH3 is 1. The number of carbonyl (C=O) groups excluding carboxylic acids is 2. The molecule has 2 N–H and O–H groups in total. The number of anilines is 2. The van der Waals surface area contributed by atoms with Gasteiger partial charge in [0.1, 0.15) is 5.75 Å². The molecule has 7 heteroatoms. The number of rotatable bonds is 7. The molecule has 2 fully saturated rings. The molecule has 2 aromatic carbocycles. The van der Waals surface area contributed by atoms with Crippen LogP contribution in [0.3, 0.4) is 0 Å². The predicted octanol–water partition coefficient (Wildman–Crippen LogP) is 4.77. The summed E-state index contributed by atoms with van der Waals surface area (Å²) in [6, 6.07) is 13.4. The van der Waals surface area contributed by atoms with E-state index >= 15 is 0 Å². The van der Waals surface area contributed by atoms with Gasteiger partial charge >= 0.3 is 6.03 Å². The number of urea groups is 1. The van der Waals surface area contributed by atoms with Crippen molar-refractivity contribution in [3.05, 3.63) is 53.6 Å². The van der Waals surface area contributed by atoms with Gasteiger partial charge in [0.15, 0.2) is 0 Å². The summed E-state index contributed by atoms with van der Waals surface area (Å²) < 4.78 is 5.47. The van der Waals surface area contributed by atoms with Crippen LogP contribution in [0.4, 0.5) is 16.2 Å². The zero-order chi connectivity index (χ0) is 23.9. The van der Waals surface area contributed by atoms with Crippen LogP contribution in [0, 0.1) is 5.92 Å². The molecule has 2 aliphatic rings. The van der Waals surface area contributed by atoms with E-state index in [2.05, 4.69) is 40.7 Å². The van der Waals surface area contributed by atoms with Gasteiger partial charge in [0.2, 0.25) is 5.91 Å². The highest BCUT2D eigenvalue weighted by atomic mass is 16.5. The van der Waals surface area contributed by atoms with Crippen LogP contribution in [0.2, 0.25) is 0 Å². The monoisotopic (exact) mass is 464 g/mol. The van der Waals surface area contributed by atoms with E-state index in [0.29, 0.717) is 36.6 Å². The van der Waals surface area contributed by atoms with Gasteiger partial charge in [0.25, 0.3) is 0 Å². The predicted molar refractivity (Wildman–Crippen MR) is 135 cm³/mol. The van der Waals surface area contributed by atoms with Gasteiger partial charge in [-0.25, -0.2) is 4.79 Å². The van der Waals surface area contributed by atoms with Crippen molar-refractivity contribution in [2.24, 2.45) is 5.92 Å². The van der Waals surface area contributed by atoms with Gasteiger partial charge in [-0.15, -0.1) is 0 Å². The van der Waals surface area contributed by atoms with Crippen LogP contribution in [0.25, 0.3) is 0 Å². The lowest BCUT2D eigenvalue weighted by Gasteiger charge is -2.31. The lowest BCUT2D eigenvalue weighted by atomic mass is 9.99. The van der Waals surface area contributed by atoms with Gasteiger partial charge in [0.05, 0.1) is 12.8 Å². The lowest BCUT2D eigenvalue weighted by Crippen LogP contribution is -2.35. The van der Waals surface area contributed by atoms with Crippen LogP contribution in [0.5, 0.6) is 5.75 Å². The van der Waals surface area contributed by atoms with E-state index in [9.17, 15) is 9.59 Å². The molecule has 0 saturated carbocycles. The number of nitrogens with zero attached hydrogens (tertiary/aromatic N) is 2. The molecule has 1 atom stereocenters. The van der Waals surface area contributed by atoms with Gasteiger partial charge in [-0.05, 0) is 67.5 Å². The Morgan fingerprint density at radius 2 is 1.91 bits per heavy atom. The summed E-state index contributed by atoms with van der Waals surface area (Å²) in [7, 11) is 1.59. The van der Waals surface area contributed by atoms with E-state index in [1.807, 2.05) is 12.1 Å². The third-order valence-corrected chi connectivity index (χ3v) is 6.74. The van der Waals surface area contributed by atoms with Crippen LogP contribution in [0.15, 0.2) is 42.5 Å². The summed E-state index contributed by atoms with van der Waals surface area (Å²) in [6.07, 6.45) is 4.96. The Labute approximate surface area is 202 Å². The van der Waals surface area contributed by atoms with E-state index in [-0.39, 0.29) is 11.9 Å². The van der Waals surface area contributed by atoms with Crippen LogP contribution in [-0.2, 0) is 17.9 Å². The Bertz CT molecular complexity index is 1010. The molecule has 0 bridgehead atoms. The number of likely N-dealkylation sites (tertiary alicyclic amines) is 1. The van der Waals surface area contributed by atoms with Crippen molar-refractivity contribution in [2.45, 2.75) is 52.1 Å². The first kappa shape index (κ1) is 24.1. The maximum Gasteiger partial charge on any atom is 0.319 e. The number of amides is 3. The van der Waals surface area contributed by atoms with E-state index in [4.69, 9.17) is 4.74 Å². The molecular weight excluding hydrogens is 428 g/mol. The van der Waals surface area contributed by atoms with Crippen molar-refractivity contribution in [3.8, 4) is 5.75 Å². The summed E-state index contributed by atoms with van der Waals surface area (Å²) in [6.45, 7) is 6.61. The Hall–Kier alpha value is -3.06. The lowest BCUT2D eigenvalue weighted by molar-refractivity contribution is -0.119. The van der Waals surface area contributed by atoms with Gasteiger partial charge in [-0.3, -0.25) is 9.69 Å². The van der Waals surface area contributed by atoms with E-state index < -0.39 is 0 Å². The van der Waals surface area contributed by atoms with Crippen LogP contribution in [0.1, 0.15) is 50.2 Å². The van der Waals surface area contributed by atoms with E-state index in [0.717, 1.165) is 44.0 Å². The third-order valence-electron chi connectivity index (χ3n) is 6.74. The fraction of sp³-hybridized carbons (Fsp3) is 0.481. The second kappa shape index (κ2) is 11.4. The first-order valence-corrected chi connectivity index (χ1v) is 12.4. The fourth-order valence-electron chi connectivity index (χ4n) is 4.95. The topological polar surface area (TPSA) is 73.9 Å². The third kappa shape index (κ3) is 6.08. The minimum Gasteiger partial charge on any atom is -0.495 e. The minimum absolute atomic E-state index is 0.0888. The molecule has 4 rings (SSSR count). The zero-order valence-corrected chi connectivity index (χ0v) is 20.3. The molecule has 2 aromatic rings. The number of ether oxygens (including phenoxy) is 1. The van der Waals surface area contributed by atoms with Crippen molar-refractivity contribution in [2.75, 3.05) is 37.0 Å². The second-order valence-corrected chi connectivity index (χ2v) is 9.45. The number of carbonyl (C=O) groups is 2. The Balaban J connectivity index is 1.38.